The third-order valence-corrected chi connectivity index (χ3v) is 5.39. The summed E-state index contributed by atoms with van der Waals surface area (Å²) in [5.41, 5.74) is 4.69. The molecular weight excluding hydrogens is 328 g/mol. The van der Waals surface area contributed by atoms with Crippen molar-refractivity contribution < 1.29 is 0 Å². The van der Waals surface area contributed by atoms with Crippen LogP contribution in [0.5, 0.6) is 0 Å². The Morgan fingerprint density at radius 3 is 2.96 bits per heavy atom. The van der Waals surface area contributed by atoms with Crippen LogP contribution in [0.3, 0.4) is 0 Å². The van der Waals surface area contributed by atoms with E-state index in [-0.39, 0.29) is 0 Å². The van der Waals surface area contributed by atoms with Gasteiger partial charge >= 0.3 is 0 Å². The maximum absolute atomic E-state index is 4.84. The topological polar surface area (TPSA) is 41.9 Å². The highest BCUT2D eigenvalue weighted by atomic mass is 32.1. The van der Waals surface area contributed by atoms with E-state index < -0.39 is 0 Å². The van der Waals surface area contributed by atoms with Crippen molar-refractivity contribution in [1.29, 1.82) is 0 Å². The van der Waals surface area contributed by atoms with Crippen LogP contribution in [0, 0.1) is 0 Å². The first-order chi connectivity index (χ1) is 12.3. The molecular formula is C20H22N4S. The van der Waals surface area contributed by atoms with Crippen LogP contribution in [0.15, 0.2) is 41.9 Å². The van der Waals surface area contributed by atoms with Crippen LogP contribution in [-0.2, 0) is 25.9 Å². The van der Waals surface area contributed by atoms with Crippen molar-refractivity contribution in [1.82, 2.24) is 19.9 Å². The molecule has 0 radical (unpaired) electrons. The second-order valence-electron chi connectivity index (χ2n) is 6.46. The van der Waals surface area contributed by atoms with E-state index >= 15 is 0 Å². The van der Waals surface area contributed by atoms with Crippen molar-refractivity contribution in [3.05, 3.63) is 64.7 Å². The lowest BCUT2D eigenvalue weighted by Gasteiger charge is -2.27. The Morgan fingerprint density at radius 1 is 1.16 bits per heavy atom. The van der Waals surface area contributed by atoms with Gasteiger partial charge in [-0.05, 0) is 30.0 Å². The van der Waals surface area contributed by atoms with Crippen molar-refractivity contribution in [3.8, 4) is 10.6 Å². The molecule has 3 aromatic heterocycles. The van der Waals surface area contributed by atoms with E-state index in [9.17, 15) is 0 Å². The van der Waals surface area contributed by atoms with Gasteiger partial charge in [0.05, 0.1) is 16.3 Å². The van der Waals surface area contributed by atoms with Gasteiger partial charge in [0.1, 0.15) is 5.82 Å². The van der Waals surface area contributed by atoms with Gasteiger partial charge in [-0.1, -0.05) is 19.1 Å². The number of nitrogens with zero attached hydrogens (tertiary/aromatic N) is 4. The molecule has 4 nitrogen and oxygen atoms in total. The summed E-state index contributed by atoms with van der Waals surface area (Å²) in [5.74, 6) is 0.986. The van der Waals surface area contributed by atoms with Gasteiger partial charge in [-0.25, -0.2) is 9.97 Å². The minimum absolute atomic E-state index is 0.870. The van der Waals surface area contributed by atoms with E-state index in [2.05, 4.69) is 52.5 Å². The molecule has 128 valence electrons. The molecule has 0 fully saturated rings. The SMILES string of the molecule is CCCc1ncc2c(n1)CCN(Cc1cccc(-c3cccs3)n1)C2. The zero-order chi connectivity index (χ0) is 17.1. The van der Waals surface area contributed by atoms with Gasteiger partial charge in [0, 0.05) is 49.9 Å². The van der Waals surface area contributed by atoms with Gasteiger partial charge < -0.3 is 0 Å². The fourth-order valence-electron chi connectivity index (χ4n) is 3.25. The molecule has 0 atom stereocenters. The molecule has 0 N–H and O–H groups in total. The summed E-state index contributed by atoms with van der Waals surface area (Å²) in [6.45, 7) is 4.98. The van der Waals surface area contributed by atoms with E-state index in [1.165, 1.54) is 16.1 Å². The molecule has 0 amide bonds. The van der Waals surface area contributed by atoms with Crippen LogP contribution in [-0.4, -0.2) is 26.4 Å². The summed E-state index contributed by atoms with van der Waals surface area (Å²) >= 11 is 1.73. The summed E-state index contributed by atoms with van der Waals surface area (Å²) in [6, 6.07) is 10.5. The molecule has 1 aliphatic heterocycles. The summed E-state index contributed by atoms with van der Waals surface area (Å²) in [7, 11) is 0. The molecule has 4 rings (SSSR count). The predicted octanol–water partition coefficient (Wildman–Crippen LogP) is 4.11. The van der Waals surface area contributed by atoms with Crippen LogP contribution in [0.1, 0.15) is 36.1 Å². The van der Waals surface area contributed by atoms with Crippen molar-refractivity contribution in [2.24, 2.45) is 0 Å². The lowest BCUT2D eigenvalue weighted by atomic mass is 10.1. The molecule has 0 aromatic carbocycles. The molecule has 0 spiro atoms. The first kappa shape index (κ1) is 16.4. The summed E-state index contributed by atoms with van der Waals surface area (Å²) < 4.78 is 0. The average Bonchev–Trinajstić information content (AvgIpc) is 3.17. The minimum atomic E-state index is 0.870. The number of fused-ring (bicyclic) bond motifs is 1. The van der Waals surface area contributed by atoms with Gasteiger partial charge in [-0.15, -0.1) is 11.3 Å². The van der Waals surface area contributed by atoms with Gasteiger partial charge in [-0.3, -0.25) is 9.88 Å². The maximum atomic E-state index is 4.84. The Hall–Kier alpha value is -2.11. The highest BCUT2D eigenvalue weighted by molar-refractivity contribution is 7.13. The Kier molecular flexibility index (Phi) is 4.85. The smallest absolute Gasteiger partial charge is 0.128 e. The lowest BCUT2D eigenvalue weighted by molar-refractivity contribution is 0.240. The van der Waals surface area contributed by atoms with Gasteiger partial charge in [0.25, 0.3) is 0 Å². The first-order valence-electron chi connectivity index (χ1n) is 8.87. The predicted molar refractivity (Wildman–Crippen MR) is 101 cm³/mol. The van der Waals surface area contributed by atoms with Crippen LogP contribution in [0.2, 0.25) is 0 Å². The third kappa shape index (κ3) is 3.78. The standard InChI is InChI=1S/C20H22N4S/c1-2-5-20-21-12-15-13-24(10-9-17(15)23-20)14-16-6-3-7-18(22-16)19-8-4-11-25-19/h3-4,6-8,11-12H,2,5,9-10,13-14H2,1H3. The number of hydrogen-bond donors (Lipinski definition) is 0. The highest BCUT2D eigenvalue weighted by Gasteiger charge is 2.19. The molecule has 0 saturated heterocycles. The molecule has 5 heteroatoms. The Labute approximate surface area is 152 Å². The second kappa shape index (κ2) is 7.42. The molecule has 25 heavy (non-hydrogen) atoms. The zero-order valence-corrected chi connectivity index (χ0v) is 15.3. The monoisotopic (exact) mass is 350 g/mol. The van der Waals surface area contributed by atoms with E-state index in [0.29, 0.717) is 0 Å². The van der Waals surface area contributed by atoms with Gasteiger partial charge in [0.2, 0.25) is 0 Å². The van der Waals surface area contributed by atoms with E-state index in [1.807, 2.05) is 6.20 Å². The van der Waals surface area contributed by atoms with E-state index in [0.717, 1.165) is 56.1 Å². The van der Waals surface area contributed by atoms with Crippen molar-refractivity contribution in [2.45, 2.75) is 39.3 Å². The highest BCUT2D eigenvalue weighted by Crippen LogP contribution is 2.24. The van der Waals surface area contributed by atoms with Gasteiger partial charge in [-0.2, -0.15) is 0 Å². The number of aromatic nitrogens is 3. The largest absolute Gasteiger partial charge is 0.293 e. The van der Waals surface area contributed by atoms with Crippen LogP contribution in [0.4, 0.5) is 0 Å². The summed E-state index contributed by atoms with van der Waals surface area (Å²) in [5, 5.41) is 2.10. The Bertz CT molecular complexity index is 845. The van der Waals surface area contributed by atoms with E-state index in [4.69, 9.17) is 9.97 Å². The Morgan fingerprint density at radius 2 is 2.12 bits per heavy atom. The number of pyridine rings is 1. The quantitative estimate of drug-likeness (QED) is 0.694. The number of hydrogen-bond acceptors (Lipinski definition) is 5. The number of thiophene rings is 1. The van der Waals surface area contributed by atoms with Crippen molar-refractivity contribution in [3.63, 3.8) is 0 Å². The molecule has 0 saturated carbocycles. The van der Waals surface area contributed by atoms with Crippen molar-refractivity contribution >= 4 is 11.3 Å². The number of rotatable bonds is 5. The van der Waals surface area contributed by atoms with Crippen LogP contribution < -0.4 is 0 Å². The van der Waals surface area contributed by atoms with Gasteiger partial charge in [0.15, 0.2) is 0 Å². The number of aryl methyl sites for hydroxylation is 1. The minimum Gasteiger partial charge on any atom is -0.293 e. The third-order valence-electron chi connectivity index (χ3n) is 4.50. The molecule has 1 aliphatic rings. The fraction of sp³-hybridized carbons (Fsp3) is 0.350. The van der Waals surface area contributed by atoms with Crippen LogP contribution in [0.25, 0.3) is 10.6 Å². The molecule has 0 aliphatic carbocycles. The van der Waals surface area contributed by atoms with Crippen molar-refractivity contribution in [2.75, 3.05) is 6.54 Å². The molecule has 0 bridgehead atoms. The average molecular weight is 350 g/mol. The Balaban J connectivity index is 1.47. The van der Waals surface area contributed by atoms with Crippen LogP contribution >= 0.6 is 11.3 Å². The zero-order valence-electron chi connectivity index (χ0n) is 14.5. The van der Waals surface area contributed by atoms with E-state index in [1.54, 1.807) is 11.3 Å². The lowest BCUT2D eigenvalue weighted by Crippen LogP contribution is -2.31. The molecule has 0 unspecified atom stereocenters. The normalized spacial score (nSPS) is 14.4. The second-order valence-corrected chi connectivity index (χ2v) is 7.41. The maximum Gasteiger partial charge on any atom is 0.128 e. The summed E-state index contributed by atoms with van der Waals surface area (Å²) in [4.78, 5) is 17.8. The molecule has 3 aromatic rings. The molecule has 4 heterocycles. The first-order valence-corrected chi connectivity index (χ1v) is 9.75. The fourth-order valence-corrected chi connectivity index (χ4v) is 3.95. The summed E-state index contributed by atoms with van der Waals surface area (Å²) in [6.07, 6.45) is 5.09.